The van der Waals surface area contributed by atoms with E-state index < -0.39 is 0 Å². The maximum absolute atomic E-state index is 12.7. The van der Waals surface area contributed by atoms with E-state index in [4.69, 9.17) is 23.2 Å². The van der Waals surface area contributed by atoms with Crippen molar-refractivity contribution in [3.8, 4) is 11.3 Å². The second-order valence-electron chi connectivity index (χ2n) is 6.23. The van der Waals surface area contributed by atoms with E-state index in [9.17, 15) is 4.79 Å². The topological polar surface area (TPSA) is 25.9 Å². The van der Waals surface area contributed by atoms with Crippen molar-refractivity contribution in [2.75, 3.05) is 0 Å². The van der Waals surface area contributed by atoms with Gasteiger partial charge in [0.2, 0.25) is 5.78 Å². The zero-order valence-corrected chi connectivity index (χ0v) is 17.1. The van der Waals surface area contributed by atoms with Crippen LogP contribution in [0, 0.1) is 0 Å². The summed E-state index contributed by atoms with van der Waals surface area (Å²) in [6.45, 7) is 1.27. The lowest BCUT2D eigenvalue weighted by atomic mass is 10.1. The molecule has 0 fully saturated rings. The summed E-state index contributed by atoms with van der Waals surface area (Å²) in [6.07, 6.45) is 4.16. The molecule has 3 nitrogen and oxygen atoms in total. The molecule has 1 aliphatic rings. The van der Waals surface area contributed by atoms with Crippen LogP contribution in [-0.4, -0.2) is 10.4 Å². The summed E-state index contributed by atoms with van der Waals surface area (Å²) in [5.41, 5.74) is 2.84. The van der Waals surface area contributed by atoms with Gasteiger partial charge >= 0.3 is 0 Å². The fourth-order valence-corrected chi connectivity index (χ4v) is 3.95. The van der Waals surface area contributed by atoms with E-state index in [-0.39, 0.29) is 29.3 Å². The van der Waals surface area contributed by atoms with Crippen molar-refractivity contribution in [2.45, 2.75) is 25.9 Å². The van der Waals surface area contributed by atoms with Crippen molar-refractivity contribution < 1.29 is 26.3 Å². The lowest BCUT2D eigenvalue weighted by molar-refractivity contribution is -0.689. The number of halogens is 3. The smallest absolute Gasteiger partial charge is 0.257 e. The van der Waals surface area contributed by atoms with Crippen LogP contribution < -0.4 is 21.5 Å². The number of hydrogen-bond acceptors (Lipinski definition) is 1. The second-order valence-corrected chi connectivity index (χ2v) is 7.07. The van der Waals surface area contributed by atoms with Gasteiger partial charge in [-0.15, -0.1) is 0 Å². The Morgan fingerprint density at radius 3 is 2.62 bits per heavy atom. The molecule has 4 rings (SSSR count). The molecule has 0 unspecified atom stereocenters. The highest BCUT2D eigenvalue weighted by Gasteiger charge is 2.30. The van der Waals surface area contributed by atoms with Gasteiger partial charge in [-0.2, -0.15) is 0 Å². The normalized spacial score (nSPS) is 12.5. The van der Waals surface area contributed by atoms with Crippen LogP contribution in [0.5, 0.6) is 0 Å². The van der Waals surface area contributed by atoms with E-state index >= 15 is 0 Å². The molecular weight excluding hydrogens is 435 g/mol. The average molecular weight is 452 g/mol. The number of hydrogen-bond donors (Lipinski definition) is 0. The van der Waals surface area contributed by atoms with Gasteiger partial charge in [0.05, 0.1) is 18.0 Å². The molecular formula is C20H17BrCl2N2O. The Morgan fingerprint density at radius 1 is 1.12 bits per heavy atom. The lowest BCUT2D eigenvalue weighted by Crippen LogP contribution is -3.00. The molecule has 0 radical (unpaired) electrons. The van der Waals surface area contributed by atoms with Crippen molar-refractivity contribution in [3.63, 3.8) is 0 Å². The van der Waals surface area contributed by atoms with Crippen LogP contribution in [-0.2, 0) is 19.5 Å². The molecule has 0 bridgehead atoms. The van der Waals surface area contributed by atoms with Crippen LogP contribution >= 0.6 is 23.2 Å². The molecule has 0 saturated carbocycles. The number of Topliss-reactive ketones (excluding diaryl/α,β-unsaturated/α-hetero) is 1. The average Bonchev–Trinajstić information content (AvgIpc) is 3.19. The van der Waals surface area contributed by atoms with Gasteiger partial charge in [-0.25, -0.2) is 9.13 Å². The van der Waals surface area contributed by atoms with Gasteiger partial charge in [0, 0.05) is 16.1 Å². The quantitative estimate of drug-likeness (QED) is 0.437. The number of nitrogens with zero attached hydrogens (tertiary/aromatic N) is 2. The predicted molar refractivity (Wildman–Crippen MR) is 99.2 cm³/mol. The monoisotopic (exact) mass is 450 g/mol. The maximum Gasteiger partial charge on any atom is 0.257 e. The number of ketones is 1. The van der Waals surface area contributed by atoms with Gasteiger partial charge in [0.1, 0.15) is 6.20 Å². The van der Waals surface area contributed by atoms with Crippen LogP contribution in [0.15, 0.2) is 54.7 Å². The van der Waals surface area contributed by atoms with Crippen LogP contribution in [0.25, 0.3) is 11.3 Å². The lowest BCUT2D eigenvalue weighted by Gasteiger charge is -2.03. The molecule has 0 aliphatic carbocycles. The van der Waals surface area contributed by atoms with E-state index in [0.717, 1.165) is 25.1 Å². The number of carbonyl (C=O) groups excluding carboxylic acids is 1. The van der Waals surface area contributed by atoms with Crippen molar-refractivity contribution in [2.24, 2.45) is 0 Å². The van der Waals surface area contributed by atoms with E-state index in [1.54, 1.807) is 18.2 Å². The SMILES string of the molecule is O=C(C[n+]1cc(-c2ccccc2)n2c1CCC2)c1ccc(Cl)cc1Cl.[Br-]. The molecule has 1 aliphatic heterocycles. The highest BCUT2D eigenvalue weighted by molar-refractivity contribution is 6.36. The first-order valence-corrected chi connectivity index (χ1v) is 9.04. The molecule has 0 N–H and O–H groups in total. The molecule has 3 aromatic rings. The Bertz CT molecular complexity index is 954. The summed E-state index contributed by atoms with van der Waals surface area (Å²) in [6, 6.07) is 15.3. The van der Waals surface area contributed by atoms with Crippen molar-refractivity contribution in [1.82, 2.24) is 4.57 Å². The number of imidazole rings is 1. The van der Waals surface area contributed by atoms with E-state index in [0.29, 0.717) is 15.6 Å². The van der Waals surface area contributed by atoms with Gasteiger partial charge in [0.15, 0.2) is 12.2 Å². The van der Waals surface area contributed by atoms with Crippen LogP contribution in [0.1, 0.15) is 22.6 Å². The minimum Gasteiger partial charge on any atom is -1.00 e. The molecule has 0 amide bonds. The predicted octanol–water partition coefficient (Wildman–Crippen LogP) is 1.58. The third kappa shape index (κ3) is 3.59. The minimum atomic E-state index is -0.00780. The van der Waals surface area contributed by atoms with Crippen LogP contribution in [0.4, 0.5) is 0 Å². The molecule has 2 heterocycles. The fraction of sp³-hybridized carbons (Fsp3) is 0.200. The molecule has 0 saturated heterocycles. The molecule has 6 heteroatoms. The number of fused-ring (bicyclic) bond motifs is 1. The first kappa shape index (κ1) is 19.2. The number of aromatic nitrogens is 2. The zero-order valence-electron chi connectivity index (χ0n) is 14.0. The van der Waals surface area contributed by atoms with E-state index in [1.165, 1.54) is 11.4 Å². The Balaban J connectivity index is 0.00000196. The third-order valence-electron chi connectivity index (χ3n) is 4.61. The largest absolute Gasteiger partial charge is 1.00 e. The number of benzene rings is 2. The molecule has 1 aromatic heterocycles. The molecule has 2 aromatic carbocycles. The molecule has 134 valence electrons. The van der Waals surface area contributed by atoms with Gasteiger partial charge in [-0.1, -0.05) is 53.5 Å². The van der Waals surface area contributed by atoms with Crippen LogP contribution in [0.3, 0.4) is 0 Å². The van der Waals surface area contributed by atoms with Crippen molar-refractivity contribution in [3.05, 3.63) is 76.2 Å². The summed E-state index contributed by atoms with van der Waals surface area (Å²) in [4.78, 5) is 12.7. The summed E-state index contributed by atoms with van der Waals surface area (Å²) in [5.74, 6) is 1.18. The summed E-state index contributed by atoms with van der Waals surface area (Å²) in [5, 5.41) is 0.933. The first-order valence-electron chi connectivity index (χ1n) is 8.29. The van der Waals surface area contributed by atoms with E-state index in [2.05, 4.69) is 27.5 Å². The van der Waals surface area contributed by atoms with E-state index in [1.807, 2.05) is 18.2 Å². The Morgan fingerprint density at radius 2 is 1.88 bits per heavy atom. The van der Waals surface area contributed by atoms with Gasteiger partial charge in [-0.05, 0) is 24.6 Å². The molecule has 26 heavy (non-hydrogen) atoms. The summed E-state index contributed by atoms with van der Waals surface area (Å²) in [7, 11) is 0. The van der Waals surface area contributed by atoms with Gasteiger partial charge < -0.3 is 17.0 Å². The van der Waals surface area contributed by atoms with Gasteiger partial charge in [-0.3, -0.25) is 4.79 Å². The van der Waals surface area contributed by atoms with Crippen LogP contribution in [0.2, 0.25) is 10.0 Å². The Kier molecular flexibility index (Phi) is 5.86. The summed E-state index contributed by atoms with van der Waals surface area (Å²) < 4.78 is 4.37. The maximum atomic E-state index is 12.7. The number of carbonyl (C=O) groups is 1. The Labute approximate surface area is 172 Å². The second kappa shape index (κ2) is 7.95. The van der Waals surface area contributed by atoms with Crippen molar-refractivity contribution >= 4 is 29.0 Å². The standard InChI is InChI=1S/C20H17Cl2N2O.BrH/c21-15-8-9-16(17(22)11-15)19(25)13-23-12-18(14-5-2-1-3-6-14)24-10-4-7-20(23)24;/h1-3,5-6,8-9,11-12H,4,7,10,13H2;1H/q+1;/p-1. The van der Waals surface area contributed by atoms with Crippen molar-refractivity contribution in [1.29, 1.82) is 0 Å². The Hall–Kier alpha value is -1.62. The fourth-order valence-electron chi connectivity index (χ4n) is 3.44. The summed E-state index contributed by atoms with van der Waals surface area (Å²) >= 11 is 12.1. The molecule has 0 spiro atoms. The van der Waals surface area contributed by atoms with Gasteiger partial charge in [0.25, 0.3) is 5.82 Å². The third-order valence-corrected chi connectivity index (χ3v) is 5.16. The highest BCUT2D eigenvalue weighted by Crippen LogP contribution is 2.25. The first-order chi connectivity index (χ1) is 12.1. The molecule has 0 atom stereocenters. The minimum absolute atomic E-state index is 0. The highest BCUT2D eigenvalue weighted by atomic mass is 79.9. The number of rotatable bonds is 4. The zero-order chi connectivity index (χ0) is 17.4.